The monoisotopic (exact) mass is 372 g/mol. The maximum Gasteiger partial charge on any atom is 0.0920 e. The molecule has 0 bridgehead atoms. The Balaban J connectivity index is 2.49. The van der Waals surface area contributed by atoms with Crippen molar-refractivity contribution in [3.8, 4) is 0 Å². The lowest BCUT2D eigenvalue weighted by Crippen LogP contribution is -2.20. The van der Waals surface area contributed by atoms with E-state index in [1.807, 2.05) is 16.8 Å². The van der Waals surface area contributed by atoms with E-state index >= 15 is 0 Å². The summed E-state index contributed by atoms with van der Waals surface area (Å²) < 4.78 is 3.72. The van der Waals surface area contributed by atoms with Gasteiger partial charge < -0.3 is 5.73 Å². The minimum absolute atomic E-state index is 0.250. The third-order valence-corrected chi connectivity index (χ3v) is 3.93. The van der Waals surface area contributed by atoms with Crippen molar-refractivity contribution in [1.82, 2.24) is 14.8 Å². The van der Waals surface area contributed by atoms with Crippen molar-refractivity contribution < 1.29 is 0 Å². The molecule has 0 saturated carbocycles. The minimum Gasteiger partial charge on any atom is -0.318 e. The van der Waals surface area contributed by atoms with Crippen molar-refractivity contribution >= 4 is 31.9 Å². The highest BCUT2D eigenvalue weighted by Gasteiger charge is 2.22. The Morgan fingerprint density at radius 3 is 2.61 bits per heavy atom. The van der Waals surface area contributed by atoms with Gasteiger partial charge in [-0.1, -0.05) is 0 Å². The van der Waals surface area contributed by atoms with Gasteiger partial charge in [-0.05, 0) is 57.8 Å². The summed E-state index contributed by atoms with van der Waals surface area (Å²) in [5.41, 5.74) is 8.06. The Hall–Kier alpha value is -0.720. The molecular weight excluding hydrogens is 360 g/mol. The van der Waals surface area contributed by atoms with Crippen LogP contribution in [0.1, 0.15) is 37.3 Å². The molecular formula is C12H14Br2N4. The Kier molecular flexibility index (Phi) is 4.19. The lowest BCUT2D eigenvalue weighted by molar-refractivity contribution is 0.496. The highest BCUT2D eigenvalue weighted by molar-refractivity contribution is 9.10. The zero-order valence-corrected chi connectivity index (χ0v) is 13.3. The molecule has 0 spiro atoms. The van der Waals surface area contributed by atoms with E-state index in [2.05, 4.69) is 55.8 Å². The summed E-state index contributed by atoms with van der Waals surface area (Å²) in [7, 11) is 0. The van der Waals surface area contributed by atoms with Crippen molar-refractivity contribution in [2.24, 2.45) is 5.73 Å². The molecule has 0 aliphatic rings. The first-order valence-electron chi connectivity index (χ1n) is 5.61. The molecule has 0 aromatic carbocycles. The number of hydrogen-bond donors (Lipinski definition) is 1. The fourth-order valence-corrected chi connectivity index (χ4v) is 2.83. The van der Waals surface area contributed by atoms with Gasteiger partial charge in [-0.2, -0.15) is 5.10 Å². The van der Waals surface area contributed by atoms with Crippen molar-refractivity contribution in [3.63, 3.8) is 0 Å². The van der Waals surface area contributed by atoms with Gasteiger partial charge in [-0.3, -0.25) is 9.67 Å². The van der Waals surface area contributed by atoms with E-state index in [4.69, 9.17) is 5.73 Å². The van der Waals surface area contributed by atoms with Gasteiger partial charge in [-0.15, -0.1) is 0 Å². The molecule has 96 valence electrons. The summed E-state index contributed by atoms with van der Waals surface area (Å²) in [6.45, 7) is 4.15. The number of halogens is 2. The summed E-state index contributed by atoms with van der Waals surface area (Å²) in [4.78, 5) is 4.34. The van der Waals surface area contributed by atoms with E-state index in [0.29, 0.717) is 0 Å². The Morgan fingerprint density at radius 2 is 2.00 bits per heavy atom. The smallest absolute Gasteiger partial charge is 0.0920 e. The van der Waals surface area contributed by atoms with Crippen LogP contribution in [0.4, 0.5) is 0 Å². The normalized spacial score (nSPS) is 13.0. The van der Waals surface area contributed by atoms with Gasteiger partial charge in [0.2, 0.25) is 0 Å². The first-order chi connectivity index (χ1) is 8.52. The predicted molar refractivity (Wildman–Crippen MR) is 78.3 cm³/mol. The number of rotatable bonds is 3. The van der Waals surface area contributed by atoms with Gasteiger partial charge in [-0.25, -0.2) is 0 Å². The van der Waals surface area contributed by atoms with E-state index in [9.17, 15) is 0 Å². The highest BCUT2D eigenvalue weighted by Crippen LogP contribution is 2.30. The molecule has 0 saturated heterocycles. The largest absolute Gasteiger partial charge is 0.318 e. The van der Waals surface area contributed by atoms with Crippen LogP contribution in [0.25, 0.3) is 0 Å². The Bertz CT molecular complexity index is 551. The second-order valence-electron chi connectivity index (χ2n) is 4.26. The van der Waals surface area contributed by atoms with E-state index < -0.39 is 0 Å². The molecule has 0 fully saturated rings. The molecule has 0 amide bonds. The summed E-state index contributed by atoms with van der Waals surface area (Å²) >= 11 is 6.98. The molecule has 1 unspecified atom stereocenters. The highest BCUT2D eigenvalue weighted by atomic mass is 79.9. The molecule has 0 aliphatic carbocycles. The van der Waals surface area contributed by atoms with Crippen LogP contribution < -0.4 is 5.73 Å². The van der Waals surface area contributed by atoms with Gasteiger partial charge >= 0.3 is 0 Å². The van der Waals surface area contributed by atoms with Crippen LogP contribution in [0.3, 0.4) is 0 Å². The fraction of sp³-hybridized carbons (Fsp3) is 0.333. The summed E-state index contributed by atoms with van der Waals surface area (Å²) in [6, 6.07) is 3.74. The number of nitrogens with two attached hydrogens (primary N) is 1. The second kappa shape index (κ2) is 5.50. The SMILES string of the molecule is CC(C)n1ncc(Br)c1C(N)c1ncccc1Br. The molecule has 2 aromatic heterocycles. The molecule has 18 heavy (non-hydrogen) atoms. The molecule has 1 atom stereocenters. The molecule has 0 aliphatic heterocycles. The first kappa shape index (κ1) is 13.7. The summed E-state index contributed by atoms with van der Waals surface area (Å²) in [5, 5.41) is 4.34. The van der Waals surface area contributed by atoms with Crippen LogP contribution in [0.15, 0.2) is 33.5 Å². The minimum atomic E-state index is -0.320. The van der Waals surface area contributed by atoms with Crippen molar-refractivity contribution in [2.75, 3.05) is 0 Å². The van der Waals surface area contributed by atoms with Crippen LogP contribution >= 0.6 is 31.9 Å². The molecule has 2 rings (SSSR count). The van der Waals surface area contributed by atoms with Crippen LogP contribution in [-0.4, -0.2) is 14.8 Å². The van der Waals surface area contributed by atoms with E-state index in [0.717, 1.165) is 20.3 Å². The second-order valence-corrected chi connectivity index (χ2v) is 5.97. The van der Waals surface area contributed by atoms with Crippen LogP contribution in [-0.2, 0) is 0 Å². The van der Waals surface area contributed by atoms with Gasteiger partial charge in [0, 0.05) is 16.7 Å². The van der Waals surface area contributed by atoms with Gasteiger partial charge in [0.1, 0.15) is 0 Å². The summed E-state index contributed by atoms with van der Waals surface area (Å²) in [5.74, 6) is 0. The van der Waals surface area contributed by atoms with Gasteiger partial charge in [0.25, 0.3) is 0 Å². The lowest BCUT2D eigenvalue weighted by Gasteiger charge is -2.18. The standard InChI is InChI=1S/C12H14Br2N4/c1-7(2)18-12(9(14)6-17-18)10(15)11-8(13)4-3-5-16-11/h3-7,10H,15H2,1-2H3. The van der Waals surface area contributed by atoms with Crippen molar-refractivity contribution in [1.29, 1.82) is 0 Å². The van der Waals surface area contributed by atoms with Crippen LogP contribution in [0.5, 0.6) is 0 Å². The third-order valence-electron chi connectivity index (χ3n) is 2.65. The molecule has 4 nitrogen and oxygen atoms in total. The molecule has 6 heteroatoms. The zero-order valence-electron chi connectivity index (χ0n) is 10.1. The average Bonchev–Trinajstić information content (AvgIpc) is 2.71. The van der Waals surface area contributed by atoms with Crippen LogP contribution in [0, 0.1) is 0 Å². The topological polar surface area (TPSA) is 56.7 Å². The number of hydrogen-bond acceptors (Lipinski definition) is 3. The maximum absolute atomic E-state index is 6.32. The molecule has 0 radical (unpaired) electrons. The Labute approximate surface area is 123 Å². The first-order valence-corrected chi connectivity index (χ1v) is 7.20. The molecule has 2 heterocycles. The van der Waals surface area contributed by atoms with Crippen molar-refractivity contribution in [2.45, 2.75) is 25.9 Å². The van der Waals surface area contributed by atoms with Gasteiger partial charge in [0.05, 0.1) is 28.1 Å². The molecule has 2 N–H and O–H groups in total. The number of nitrogens with zero attached hydrogens (tertiary/aromatic N) is 3. The summed E-state index contributed by atoms with van der Waals surface area (Å²) in [6.07, 6.45) is 3.51. The zero-order chi connectivity index (χ0) is 13.3. The van der Waals surface area contributed by atoms with E-state index in [-0.39, 0.29) is 12.1 Å². The van der Waals surface area contributed by atoms with E-state index in [1.165, 1.54) is 0 Å². The predicted octanol–water partition coefficient (Wildman–Crippen LogP) is 3.43. The fourth-order valence-electron chi connectivity index (χ4n) is 1.81. The number of pyridine rings is 1. The van der Waals surface area contributed by atoms with Gasteiger partial charge in [0.15, 0.2) is 0 Å². The number of aromatic nitrogens is 3. The Morgan fingerprint density at radius 1 is 1.28 bits per heavy atom. The van der Waals surface area contributed by atoms with Crippen LogP contribution in [0.2, 0.25) is 0 Å². The lowest BCUT2D eigenvalue weighted by atomic mass is 10.1. The maximum atomic E-state index is 6.32. The molecule has 2 aromatic rings. The average molecular weight is 374 g/mol. The quantitative estimate of drug-likeness (QED) is 0.896. The van der Waals surface area contributed by atoms with E-state index in [1.54, 1.807) is 12.4 Å². The third kappa shape index (κ3) is 2.50. The van der Waals surface area contributed by atoms with Crippen molar-refractivity contribution in [3.05, 3.63) is 44.9 Å².